The molecule has 3 rings (SSSR count). The molecule has 0 N–H and O–H groups in total. The first-order valence-electron chi connectivity index (χ1n) is 8.15. The standard InChI is InChI=1S/C18H22FN3O/c1-21-17(9-10-20-21)18(23)22-11-3-5-15(13-22)8-7-14-4-2-6-16(19)12-14/h2,4,6,9-10,12,15H,3,5,7-8,11,13H2,1H3/t15-/m1/s1. The number of rotatable bonds is 4. The van der Waals surface area contributed by atoms with E-state index in [-0.39, 0.29) is 11.7 Å². The topological polar surface area (TPSA) is 38.1 Å². The number of benzene rings is 1. The number of aryl methyl sites for hydroxylation is 2. The molecule has 1 aliphatic heterocycles. The van der Waals surface area contributed by atoms with Crippen LogP contribution in [0.3, 0.4) is 0 Å². The fourth-order valence-electron chi connectivity index (χ4n) is 3.29. The Hall–Kier alpha value is -2.17. The van der Waals surface area contributed by atoms with Crippen molar-refractivity contribution in [3.05, 3.63) is 53.6 Å². The van der Waals surface area contributed by atoms with Crippen molar-refractivity contribution in [1.29, 1.82) is 0 Å². The van der Waals surface area contributed by atoms with Crippen LogP contribution >= 0.6 is 0 Å². The highest BCUT2D eigenvalue weighted by atomic mass is 19.1. The molecule has 5 heteroatoms. The van der Waals surface area contributed by atoms with Crippen molar-refractivity contribution in [2.24, 2.45) is 13.0 Å². The number of piperidine rings is 1. The van der Waals surface area contributed by atoms with Gasteiger partial charge < -0.3 is 4.90 Å². The van der Waals surface area contributed by atoms with Crippen LogP contribution < -0.4 is 0 Å². The second-order valence-electron chi connectivity index (χ2n) is 6.27. The van der Waals surface area contributed by atoms with Crippen molar-refractivity contribution in [3.8, 4) is 0 Å². The molecule has 0 radical (unpaired) electrons. The second kappa shape index (κ2) is 6.94. The molecule has 1 aromatic carbocycles. The number of carbonyl (C=O) groups is 1. The number of aromatic nitrogens is 2. The van der Waals surface area contributed by atoms with Crippen LogP contribution in [0.4, 0.5) is 4.39 Å². The average Bonchev–Trinajstić information content (AvgIpc) is 2.99. The van der Waals surface area contributed by atoms with Crippen LogP contribution in [0, 0.1) is 11.7 Å². The summed E-state index contributed by atoms with van der Waals surface area (Å²) in [5.41, 5.74) is 1.66. The van der Waals surface area contributed by atoms with Crippen LogP contribution in [0.5, 0.6) is 0 Å². The first kappa shape index (κ1) is 15.7. The van der Waals surface area contributed by atoms with E-state index >= 15 is 0 Å². The summed E-state index contributed by atoms with van der Waals surface area (Å²) in [5, 5.41) is 4.07. The summed E-state index contributed by atoms with van der Waals surface area (Å²) in [5.74, 6) is 0.351. The van der Waals surface area contributed by atoms with E-state index in [9.17, 15) is 9.18 Å². The predicted octanol–water partition coefficient (Wildman–Crippen LogP) is 3.04. The van der Waals surface area contributed by atoms with Crippen molar-refractivity contribution in [1.82, 2.24) is 14.7 Å². The lowest BCUT2D eigenvalue weighted by molar-refractivity contribution is 0.0657. The highest BCUT2D eigenvalue weighted by Gasteiger charge is 2.25. The van der Waals surface area contributed by atoms with Crippen molar-refractivity contribution in [2.45, 2.75) is 25.7 Å². The Morgan fingerprint density at radius 1 is 1.39 bits per heavy atom. The van der Waals surface area contributed by atoms with Gasteiger partial charge in [-0.2, -0.15) is 5.10 Å². The highest BCUT2D eigenvalue weighted by Crippen LogP contribution is 2.23. The number of amides is 1. The molecule has 0 unspecified atom stereocenters. The maximum absolute atomic E-state index is 13.2. The quantitative estimate of drug-likeness (QED) is 0.870. The van der Waals surface area contributed by atoms with Gasteiger partial charge in [-0.15, -0.1) is 0 Å². The third-order valence-electron chi connectivity index (χ3n) is 4.58. The van der Waals surface area contributed by atoms with E-state index in [4.69, 9.17) is 0 Å². The van der Waals surface area contributed by atoms with Crippen LogP contribution in [0.2, 0.25) is 0 Å². The Labute approximate surface area is 135 Å². The van der Waals surface area contributed by atoms with E-state index in [0.29, 0.717) is 11.6 Å². The van der Waals surface area contributed by atoms with Gasteiger partial charge in [0, 0.05) is 26.3 Å². The summed E-state index contributed by atoms with van der Waals surface area (Å²) < 4.78 is 14.9. The van der Waals surface area contributed by atoms with Gasteiger partial charge in [-0.3, -0.25) is 9.48 Å². The van der Waals surface area contributed by atoms with Crippen LogP contribution in [0.1, 0.15) is 35.3 Å². The minimum Gasteiger partial charge on any atom is -0.337 e. The fraction of sp³-hybridized carbons (Fsp3) is 0.444. The Kier molecular flexibility index (Phi) is 4.74. The molecule has 1 amide bonds. The molecule has 1 atom stereocenters. The SMILES string of the molecule is Cn1nccc1C(=O)N1CCC[C@H](CCc2cccc(F)c2)C1. The molecule has 1 aromatic heterocycles. The largest absolute Gasteiger partial charge is 0.337 e. The van der Waals surface area contributed by atoms with Crippen LogP contribution in [-0.2, 0) is 13.5 Å². The molecule has 0 bridgehead atoms. The maximum atomic E-state index is 13.2. The predicted molar refractivity (Wildman–Crippen MR) is 86.6 cm³/mol. The monoisotopic (exact) mass is 315 g/mol. The Morgan fingerprint density at radius 3 is 3.00 bits per heavy atom. The van der Waals surface area contributed by atoms with E-state index in [2.05, 4.69) is 5.10 Å². The molecular formula is C18H22FN3O. The third-order valence-corrected chi connectivity index (χ3v) is 4.58. The van der Waals surface area contributed by atoms with Crippen LogP contribution in [-0.4, -0.2) is 33.7 Å². The summed E-state index contributed by atoms with van der Waals surface area (Å²) >= 11 is 0. The minimum absolute atomic E-state index is 0.0560. The molecule has 2 aromatic rings. The van der Waals surface area contributed by atoms with Gasteiger partial charge >= 0.3 is 0 Å². The molecule has 1 aliphatic rings. The van der Waals surface area contributed by atoms with Crippen molar-refractivity contribution < 1.29 is 9.18 Å². The maximum Gasteiger partial charge on any atom is 0.272 e. The number of hydrogen-bond donors (Lipinski definition) is 0. The molecule has 0 saturated carbocycles. The number of likely N-dealkylation sites (tertiary alicyclic amines) is 1. The zero-order valence-corrected chi connectivity index (χ0v) is 13.4. The Morgan fingerprint density at radius 2 is 2.26 bits per heavy atom. The molecule has 1 saturated heterocycles. The van der Waals surface area contributed by atoms with E-state index < -0.39 is 0 Å². The molecule has 122 valence electrons. The fourth-order valence-corrected chi connectivity index (χ4v) is 3.29. The summed E-state index contributed by atoms with van der Waals surface area (Å²) in [7, 11) is 1.79. The Balaban J connectivity index is 1.58. The van der Waals surface area contributed by atoms with Crippen molar-refractivity contribution in [2.75, 3.05) is 13.1 Å². The van der Waals surface area contributed by atoms with Gasteiger partial charge in [-0.25, -0.2) is 4.39 Å². The molecular weight excluding hydrogens is 293 g/mol. The van der Waals surface area contributed by atoms with Crippen LogP contribution in [0.15, 0.2) is 36.5 Å². The van der Waals surface area contributed by atoms with E-state index in [1.54, 1.807) is 36.1 Å². The van der Waals surface area contributed by atoms with Gasteiger partial charge in [0.05, 0.1) is 0 Å². The smallest absolute Gasteiger partial charge is 0.272 e. The van der Waals surface area contributed by atoms with Gasteiger partial charge in [-0.1, -0.05) is 12.1 Å². The molecule has 0 aliphatic carbocycles. The molecule has 0 spiro atoms. The zero-order valence-electron chi connectivity index (χ0n) is 13.4. The highest BCUT2D eigenvalue weighted by molar-refractivity contribution is 5.92. The summed E-state index contributed by atoms with van der Waals surface area (Å²) in [6.45, 7) is 1.58. The molecule has 2 heterocycles. The van der Waals surface area contributed by atoms with Gasteiger partial charge in [-0.05, 0) is 55.4 Å². The average molecular weight is 315 g/mol. The van der Waals surface area contributed by atoms with Crippen LogP contribution in [0.25, 0.3) is 0 Å². The summed E-state index contributed by atoms with van der Waals surface area (Å²) in [6, 6.07) is 8.55. The lowest BCUT2D eigenvalue weighted by atomic mass is 9.91. The number of hydrogen-bond acceptors (Lipinski definition) is 2. The van der Waals surface area contributed by atoms with Gasteiger partial charge in [0.15, 0.2) is 0 Å². The lowest BCUT2D eigenvalue weighted by Gasteiger charge is -2.32. The normalized spacial score (nSPS) is 18.2. The van der Waals surface area contributed by atoms with E-state index in [1.807, 2.05) is 11.0 Å². The Bertz CT molecular complexity index is 682. The number of carbonyl (C=O) groups excluding carboxylic acids is 1. The number of halogens is 1. The van der Waals surface area contributed by atoms with Gasteiger partial charge in [0.2, 0.25) is 0 Å². The van der Waals surface area contributed by atoms with E-state index in [1.165, 1.54) is 6.07 Å². The second-order valence-corrected chi connectivity index (χ2v) is 6.27. The summed E-state index contributed by atoms with van der Waals surface area (Å²) in [6.07, 6.45) is 5.65. The molecule has 23 heavy (non-hydrogen) atoms. The first-order valence-corrected chi connectivity index (χ1v) is 8.15. The van der Waals surface area contributed by atoms with Gasteiger partial charge in [0.1, 0.15) is 11.5 Å². The third kappa shape index (κ3) is 3.78. The summed E-state index contributed by atoms with van der Waals surface area (Å²) in [4.78, 5) is 14.5. The first-order chi connectivity index (χ1) is 11.1. The number of nitrogens with zero attached hydrogens (tertiary/aromatic N) is 3. The molecule has 4 nitrogen and oxygen atoms in total. The molecule has 1 fully saturated rings. The van der Waals surface area contributed by atoms with E-state index in [0.717, 1.165) is 44.3 Å². The van der Waals surface area contributed by atoms with Crippen molar-refractivity contribution >= 4 is 5.91 Å². The van der Waals surface area contributed by atoms with Crippen molar-refractivity contribution in [3.63, 3.8) is 0 Å². The zero-order chi connectivity index (χ0) is 16.2. The van der Waals surface area contributed by atoms with Gasteiger partial charge in [0.25, 0.3) is 5.91 Å². The lowest BCUT2D eigenvalue weighted by Crippen LogP contribution is -2.40. The minimum atomic E-state index is -0.181.